The van der Waals surface area contributed by atoms with Gasteiger partial charge in [0.2, 0.25) is 0 Å². The average Bonchev–Trinajstić information content (AvgIpc) is 2.03. The normalized spacial score (nSPS) is 9.50. The third-order valence-electron chi connectivity index (χ3n) is 1.64. The van der Waals surface area contributed by atoms with Crippen LogP contribution in [0.2, 0.25) is 0 Å². The molecule has 1 aromatic carbocycles. The minimum absolute atomic E-state index is 0.850. The molecule has 0 bridgehead atoms. The highest BCUT2D eigenvalue weighted by Gasteiger charge is 1.90. The minimum Gasteiger partial charge on any atom is -0.382 e. The molecule has 0 fully saturated rings. The van der Waals surface area contributed by atoms with Crippen LogP contribution in [0.25, 0.3) is 0 Å². The maximum atomic E-state index is 3.74. The molecule has 0 saturated carbocycles. The molecule has 0 aromatic heterocycles. The predicted octanol–water partition coefficient (Wildman–Crippen LogP) is 2.43. The molecule has 2 heteroatoms. The van der Waals surface area contributed by atoms with E-state index in [-0.39, 0.29) is 0 Å². The van der Waals surface area contributed by atoms with E-state index in [1.807, 2.05) is 0 Å². The van der Waals surface area contributed by atoms with E-state index in [4.69, 9.17) is 0 Å². The van der Waals surface area contributed by atoms with Gasteiger partial charge in [-0.05, 0) is 12.5 Å². The molecular formula is C10H14NP. The van der Waals surface area contributed by atoms with Crippen LogP contribution in [0.15, 0.2) is 36.3 Å². The summed E-state index contributed by atoms with van der Waals surface area (Å²) in [7, 11) is 2.53. The van der Waals surface area contributed by atoms with E-state index < -0.39 is 0 Å². The fraction of sp³-hybridized carbons (Fsp3) is 0.200. The first kappa shape index (κ1) is 9.28. The Balaban J connectivity index is 2.53. The van der Waals surface area contributed by atoms with E-state index in [1.165, 1.54) is 11.1 Å². The lowest BCUT2D eigenvalue weighted by Crippen LogP contribution is -2.07. The molecule has 0 spiro atoms. The number of hydrogen-bond acceptors (Lipinski definition) is 1. The van der Waals surface area contributed by atoms with Crippen LogP contribution < -0.4 is 5.32 Å². The van der Waals surface area contributed by atoms with E-state index in [2.05, 4.69) is 52.3 Å². The molecule has 0 aliphatic rings. The van der Waals surface area contributed by atoms with Crippen molar-refractivity contribution in [2.24, 2.45) is 0 Å². The molecule has 12 heavy (non-hydrogen) atoms. The van der Waals surface area contributed by atoms with Crippen LogP contribution in [0.3, 0.4) is 0 Å². The van der Waals surface area contributed by atoms with Crippen molar-refractivity contribution in [3.05, 3.63) is 47.4 Å². The molecule has 1 N–H and O–H groups in total. The van der Waals surface area contributed by atoms with Gasteiger partial charge in [-0.3, -0.25) is 0 Å². The van der Waals surface area contributed by atoms with Gasteiger partial charge in [0, 0.05) is 12.0 Å². The van der Waals surface area contributed by atoms with Crippen molar-refractivity contribution in [1.82, 2.24) is 5.32 Å². The maximum absolute atomic E-state index is 3.74. The van der Waals surface area contributed by atoms with Gasteiger partial charge in [0.15, 0.2) is 0 Å². The molecule has 1 rings (SSSR count). The standard InChI is InChI=1S/C10H14NP/c1-8-3-5-10(6-4-8)7-11-9(2)12/h3-6,11H,2,7,12H2,1H3. The molecule has 0 amide bonds. The predicted molar refractivity (Wildman–Crippen MR) is 56.9 cm³/mol. The summed E-state index contributed by atoms with van der Waals surface area (Å²) >= 11 is 0. The molecular weight excluding hydrogens is 165 g/mol. The third-order valence-corrected chi connectivity index (χ3v) is 1.84. The second-order valence-corrected chi connectivity index (χ2v) is 3.56. The quantitative estimate of drug-likeness (QED) is 0.703. The first-order chi connectivity index (χ1) is 5.68. The van der Waals surface area contributed by atoms with Gasteiger partial charge in [0.1, 0.15) is 0 Å². The number of benzene rings is 1. The average molecular weight is 179 g/mol. The van der Waals surface area contributed by atoms with Crippen LogP contribution in [0.1, 0.15) is 11.1 Å². The second-order valence-electron chi connectivity index (χ2n) is 2.86. The Labute approximate surface area is 76.1 Å². The lowest BCUT2D eigenvalue weighted by molar-refractivity contribution is 0.859. The smallest absolute Gasteiger partial charge is 0.0400 e. The van der Waals surface area contributed by atoms with Gasteiger partial charge in [-0.25, -0.2) is 0 Å². The SMILES string of the molecule is C=C(P)NCc1ccc(C)cc1. The van der Waals surface area contributed by atoms with Crippen LogP contribution in [-0.2, 0) is 6.54 Å². The number of rotatable bonds is 3. The molecule has 0 heterocycles. The van der Waals surface area contributed by atoms with Gasteiger partial charge in [0.25, 0.3) is 0 Å². The first-order valence-electron chi connectivity index (χ1n) is 3.92. The van der Waals surface area contributed by atoms with Crippen molar-refractivity contribution in [3.8, 4) is 0 Å². The summed E-state index contributed by atoms with van der Waals surface area (Å²) in [4.78, 5) is 0. The highest BCUT2D eigenvalue weighted by Crippen LogP contribution is 2.04. The largest absolute Gasteiger partial charge is 0.382 e. The summed E-state index contributed by atoms with van der Waals surface area (Å²) in [5.74, 6) is 0. The molecule has 1 atom stereocenters. The van der Waals surface area contributed by atoms with Crippen molar-refractivity contribution in [3.63, 3.8) is 0 Å². The second kappa shape index (κ2) is 4.27. The minimum atomic E-state index is 0.850. The van der Waals surface area contributed by atoms with Crippen LogP contribution in [0.4, 0.5) is 0 Å². The van der Waals surface area contributed by atoms with E-state index in [9.17, 15) is 0 Å². The molecule has 1 aromatic rings. The topological polar surface area (TPSA) is 12.0 Å². The number of hydrogen-bond donors (Lipinski definition) is 1. The number of nitrogens with one attached hydrogen (secondary N) is 1. The van der Waals surface area contributed by atoms with Gasteiger partial charge >= 0.3 is 0 Å². The van der Waals surface area contributed by atoms with Gasteiger partial charge in [-0.2, -0.15) is 0 Å². The Morgan fingerprint density at radius 3 is 2.50 bits per heavy atom. The lowest BCUT2D eigenvalue weighted by Gasteiger charge is -2.04. The highest BCUT2D eigenvalue weighted by molar-refractivity contribution is 7.22. The summed E-state index contributed by atoms with van der Waals surface area (Å²) in [6.07, 6.45) is 0. The summed E-state index contributed by atoms with van der Waals surface area (Å²) in [6, 6.07) is 8.47. The molecule has 0 radical (unpaired) electrons. The van der Waals surface area contributed by atoms with Crippen molar-refractivity contribution in [2.75, 3.05) is 0 Å². The zero-order valence-electron chi connectivity index (χ0n) is 7.30. The van der Waals surface area contributed by atoms with Crippen LogP contribution >= 0.6 is 9.24 Å². The monoisotopic (exact) mass is 179 g/mol. The molecule has 0 saturated heterocycles. The van der Waals surface area contributed by atoms with Crippen molar-refractivity contribution in [1.29, 1.82) is 0 Å². The summed E-state index contributed by atoms with van der Waals surface area (Å²) < 4.78 is 0. The van der Waals surface area contributed by atoms with E-state index in [0.717, 1.165) is 12.0 Å². The van der Waals surface area contributed by atoms with Crippen molar-refractivity contribution < 1.29 is 0 Å². The van der Waals surface area contributed by atoms with Gasteiger partial charge < -0.3 is 5.32 Å². The summed E-state index contributed by atoms with van der Waals surface area (Å²) in [5.41, 5.74) is 3.50. The lowest BCUT2D eigenvalue weighted by atomic mass is 10.1. The zero-order valence-corrected chi connectivity index (χ0v) is 8.46. The Morgan fingerprint density at radius 2 is 2.00 bits per heavy atom. The van der Waals surface area contributed by atoms with Crippen molar-refractivity contribution >= 4 is 9.24 Å². The van der Waals surface area contributed by atoms with Crippen LogP contribution in [0, 0.1) is 6.92 Å². The van der Waals surface area contributed by atoms with Crippen molar-refractivity contribution in [2.45, 2.75) is 13.5 Å². The molecule has 1 nitrogen and oxygen atoms in total. The fourth-order valence-electron chi connectivity index (χ4n) is 0.922. The van der Waals surface area contributed by atoms with Gasteiger partial charge in [-0.1, -0.05) is 45.6 Å². The zero-order chi connectivity index (χ0) is 8.97. The highest BCUT2D eigenvalue weighted by atomic mass is 31.0. The van der Waals surface area contributed by atoms with Crippen LogP contribution in [0.5, 0.6) is 0 Å². The molecule has 1 unspecified atom stereocenters. The number of aryl methyl sites for hydroxylation is 1. The van der Waals surface area contributed by atoms with Crippen LogP contribution in [-0.4, -0.2) is 0 Å². The first-order valence-corrected chi connectivity index (χ1v) is 4.50. The maximum Gasteiger partial charge on any atom is 0.0400 e. The fourth-order valence-corrected chi connectivity index (χ4v) is 1.02. The summed E-state index contributed by atoms with van der Waals surface area (Å²) in [5, 5.41) is 3.15. The third kappa shape index (κ3) is 3.06. The Bertz CT molecular complexity index is 264. The van der Waals surface area contributed by atoms with E-state index >= 15 is 0 Å². The Hall–Kier alpha value is -0.810. The Kier molecular flexibility index (Phi) is 3.31. The molecule has 64 valence electrons. The summed E-state index contributed by atoms with van der Waals surface area (Å²) in [6.45, 7) is 6.68. The van der Waals surface area contributed by atoms with Gasteiger partial charge in [0.05, 0.1) is 0 Å². The van der Waals surface area contributed by atoms with E-state index in [0.29, 0.717) is 0 Å². The van der Waals surface area contributed by atoms with Gasteiger partial charge in [-0.15, -0.1) is 0 Å². The Morgan fingerprint density at radius 1 is 1.42 bits per heavy atom. The van der Waals surface area contributed by atoms with E-state index in [1.54, 1.807) is 0 Å². The molecule has 0 aliphatic heterocycles. The molecule has 0 aliphatic carbocycles.